The molecule has 1 saturated heterocycles. The van der Waals surface area contributed by atoms with Gasteiger partial charge in [0.1, 0.15) is 11.4 Å². The second kappa shape index (κ2) is 7.75. The third kappa shape index (κ3) is 3.23. The minimum absolute atomic E-state index is 0.0389. The van der Waals surface area contributed by atoms with E-state index in [-0.39, 0.29) is 24.4 Å². The summed E-state index contributed by atoms with van der Waals surface area (Å²) >= 11 is 0. The number of hydrogen-bond acceptors (Lipinski definition) is 6. The molecule has 2 aliphatic carbocycles. The summed E-state index contributed by atoms with van der Waals surface area (Å²) in [6.45, 7) is 0. The lowest BCUT2D eigenvalue weighted by Gasteiger charge is -2.33. The van der Waals surface area contributed by atoms with Gasteiger partial charge in [-0.3, -0.25) is 0 Å². The molecule has 1 saturated carbocycles. The number of ether oxygens (including phenoxy) is 2. The molecule has 0 radical (unpaired) electrons. The molecule has 2 unspecified atom stereocenters. The lowest BCUT2D eigenvalue weighted by molar-refractivity contribution is 0.0323. The second-order valence-electron chi connectivity index (χ2n) is 9.58. The molecule has 0 amide bonds. The van der Waals surface area contributed by atoms with E-state index in [1.54, 1.807) is 7.11 Å². The quantitative estimate of drug-likeness (QED) is 0.758. The van der Waals surface area contributed by atoms with Gasteiger partial charge >= 0.3 is 0 Å². The van der Waals surface area contributed by atoms with Crippen LogP contribution in [0.3, 0.4) is 0 Å². The number of aromatic nitrogens is 2. The highest BCUT2D eigenvalue weighted by Gasteiger charge is 2.39. The van der Waals surface area contributed by atoms with Gasteiger partial charge in [-0.2, -0.15) is 0 Å². The van der Waals surface area contributed by atoms with Crippen LogP contribution in [0.5, 0.6) is 5.75 Å². The molecular weight excluding hydrogens is 390 g/mol. The van der Waals surface area contributed by atoms with Gasteiger partial charge in [-0.05, 0) is 62.1 Å². The summed E-state index contributed by atoms with van der Waals surface area (Å²) in [5.41, 5.74) is 6.30. The van der Waals surface area contributed by atoms with E-state index in [4.69, 9.17) is 9.47 Å². The van der Waals surface area contributed by atoms with Crippen molar-refractivity contribution in [2.45, 2.75) is 88.6 Å². The Morgan fingerprint density at radius 2 is 1.94 bits per heavy atom. The van der Waals surface area contributed by atoms with E-state index in [2.05, 4.69) is 21.6 Å². The predicted molar refractivity (Wildman–Crippen MR) is 118 cm³/mol. The predicted octanol–water partition coefficient (Wildman–Crippen LogP) is 4.48. The van der Waals surface area contributed by atoms with Gasteiger partial charge < -0.3 is 19.9 Å². The minimum Gasteiger partial charge on any atom is -0.507 e. The number of nitrogens with one attached hydrogen (secondary N) is 1. The molecule has 2 bridgehead atoms. The van der Waals surface area contributed by atoms with Gasteiger partial charge in [0, 0.05) is 30.2 Å². The first-order valence-corrected chi connectivity index (χ1v) is 11.9. The Morgan fingerprint density at radius 3 is 2.84 bits per heavy atom. The Morgan fingerprint density at radius 1 is 1.03 bits per heavy atom. The first-order chi connectivity index (χ1) is 15.2. The fourth-order valence-electron chi connectivity index (χ4n) is 6.21. The van der Waals surface area contributed by atoms with Crippen molar-refractivity contribution in [1.29, 1.82) is 0 Å². The zero-order chi connectivity index (χ0) is 20.9. The minimum atomic E-state index is 0.0389. The number of phenolic OH excluding ortho intramolecular Hbond substituents is 1. The van der Waals surface area contributed by atoms with Crippen LogP contribution in [0.1, 0.15) is 73.3 Å². The van der Waals surface area contributed by atoms with E-state index >= 15 is 0 Å². The third-order valence-electron chi connectivity index (χ3n) is 7.81. The van der Waals surface area contributed by atoms with Gasteiger partial charge in [0.15, 0.2) is 5.82 Å². The van der Waals surface area contributed by atoms with E-state index in [9.17, 15) is 5.11 Å². The van der Waals surface area contributed by atoms with E-state index in [1.807, 2.05) is 6.07 Å². The van der Waals surface area contributed by atoms with Gasteiger partial charge in [0.25, 0.3) is 0 Å². The van der Waals surface area contributed by atoms with Gasteiger partial charge in [0.2, 0.25) is 0 Å². The summed E-state index contributed by atoms with van der Waals surface area (Å²) in [6.07, 6.45) is 11.1. The maximum absolute atomic E-state index is 11.1. The molecule has 6 rings (SSSR count). The van der Waals surface area contributed by atoms with Gasteiger partial charge in [0.05, 0.1) is 24.4 Å². The average molecular weight is 422 g/mol. The zero-order valence-electron chi connectivity index (χ0n) is 18.2. The van der Waals surface area contributed by atoms with Crippen LogP contribution >= 0.6 is 0 Å². The number of hydrogen-bond donors (Lipinski definition) is 2. The van der Waals surface area contributed by atoms with E-state index in [0.29, 0.717) is 5.75 Å². The summed E-state index contributed by atoms with van der Waals surface area (Å²) in [6, 6.07) is 4.45. The number of nitrogens with zero attached hydrogens (tertiary/aromatic N) is 2. The molecule has 1 aromatic carbocycles. The Kier molecular flexibility index (Phi) is 4.87. The third-order valence-corrected chi connectivity index (χ3v) is 7.81. The molecule has 164 valence electrons. The first kappa shape index (κ1) is 19.5. The van der Waals surface area contributed by atoms with Crippen molar-refractivity contribution in [3.8, 4) is 17.0 Å². The highest BCUT2D eigenvalue weighted by Crippen LogP contribution is 2.48. The normalized spacial score (nSPS) is 28.9. The summed E-state index contributed by atoms with van der Waals surface area (Å²) in [5.74, 6) is 1.27. The number of aryl methyl sites for hydroxylation is 1. The standard InChI is InChI=1S/C25H31N3O3/c1-30-20-8-3-2-7-19(20)26-25-18-13-15-10-12-21(31-15)22(18)23(27-28-25)17-11-9-14-5-4-6-16(14)24(17)29/h9,11,15,19-21,29H,2-8,10,12-13H2,1H3,(H,26,28)/t15?,19-,20-,21?/m1/s1. The first-order valence-electron chi connectivity index (χ1n) is 11.9. The molecular formula is C25H31N3O3. The molecule has 31 heavy (non-hydrogen) atoms. The largest absolute Gasteiger partial charge is 0.507 e. The highest BCUT2D eigenvalue weighted by atomic mass is 16.5. The lowest BCUT2D eigenvalue weighted by atomic mass is 9.90. The van der Waals surface area contributed by atoms with Crippen molar-refractivity contribution in [2.24, 2.45) is 0 Å². The average Bonchev–Trinajstić information content (AvgIpc) is 3.43. The molecule has 2 fully saturated rings. The van der Waals surface area contributed by atoms with Crippen LogP contribution in [0, 0.1) is 0 Å². The van der Waals surface area contributed by atoms with Crippen molar-refractivity contribution in [2.75, 3.05) is 12.4 Å². The van der Waals surface area contributed by atoms with E-state index < -0.39 is 0 Å². The Bertz CT molecular complexity index is 1010. The number of anilines is 1. The molecule has 0 spiro atoms. The van der Waals surface area contributed by atoms with Crippen molar-refractivity contribution in [3.63, 3.8) is 0 Å². The van der Waals surface area contributed by atoms with Crippen molar-refractivity contribution < 1.29 is 14.6 Å². The van der Waals surface area contributed by atoms with Crippen LogP contribution in [0.15, 0.2) is 12.1 Å². The lowest BCUT2D eigenvalue weighted by Crippen LogP contribution is -2.38. The highest BCUT2D eigenvalue weighted by molar-refractivity contribution is 5.75. The van der Waals surface area contributed by atoms with Gasteiger partial charge in [-0.1, -0.05) is 18.9 Å². The van der Waals surface area contributed by atoms with Crippen LogP contribution in [-0.2, 0) is 28.7 Å². The monoisotopic (exact) mass is 421 g/mol. The van der Waals surface area contributed by atoms with Crippen molar-refractivity contribution in [1.82, 2.24) is 10.2 Å². The summed E-state index contributed by atoms with van der Waals surface area (Å²) < 4.78 is 12.1. The molecule has 2 N–H and O–H groups in total. The number of benzene rings is 1. The van der Waals surface area contributed by atoms with Crippen LogP contribution in [-0.4, -0.2) is 40.7 Å². The van der Waals surface area contributed by atoms with Crippen molar-refractivity contribution >= 4 is 5.82 Å². The van der Waals surface area contributed by atoms with E-state index in [0.717, 1.165) is 79.6 Å². The molecule has 1 aromatic heterocycles. The van der Waals surface area contributed by atoms with Gasteiger partial charge in [-0.25, -0.2) is 0 Å². The maximum Gasteiger partial charge on any atom is 0.152 e. The molecule has 2 aliphatic heterocycles. The molecule has 4 aliphatic rings. The van der Waals surface area contributed by atoms with Crippen LogP contribution in [0.25, 0.3) is 11.3 Å². The molecule has 6 heteroatoms. The molecule has 6 nitrogen and oxygen atoms in total. The number of aromatic hydroxyl groups is 1. The topological polar surface area (TPSA) is 76.5 Å². The van der Waals surface area contributed by atoms with Crippen molar-refractivity contribution in [3.05, 3.63) is 34.4 Å². The smallest absolute Gasteiger partial charge is 0.152 e. The van der Waals surface area contributed by atoms with Crippen LogP contribution in [0.4, 0.5) is 5.82 Å². The number of rotatable bonds is 4. The fraction of sp³-hybridized carbons (Fsp3) is 0.600. The SMILES string of the molecule is CO[C@@H]1CCCC[C@H]1Nc1nnc(-c2ccc3c(c2O)CCC3)c2c1CC1CCC2O1. The molecule has 3 heterocycles. The second-order valence-corrected chi connectivity index (χ2v) is 9.58. The Balaban J connectivity index is 1.44. The zero-order valence-corrected chi connectivity index (χ0v) is 18.2. The van der Waals surface area contributed by atoms with E-state index in [1.165, 1.54) is 24.0 Å². The summed E-state index contributed by atoms with van der Waals surface area (Å²) in [7, 11) is 1.81. The Hall–Kier alpha value is -2.18. The van der Waals surface area contributed by atoms with Crippen LogP contribution in [0.2, 0.25) is 0 Å². The summed E-state index contributed by atoms with van der Waals surface area (Å²) in [4.78, 5) is 0. The molecule has 2 aromatic rings. The summed E-state index contributed by atoms with van der Waals surface area (Å²) in [5, 5.41) is 24.2. The molecule has 4 atom stereocenters. The van der Waals surface area contributed by atoms with Crippen LogP contribution < -0.4 is 5.32 Å². The number of phenols is 1. The fourth-order valence-corrected chi connectivity index (χ4v) is 6.21. The number of fused-ring (bicyclic) bond motifs is 5. The maximum atomic E-state index is 11.1. The number of methoxy groups -OCH3 is 1. The Labute approximate surface area is 183 Å². The van der Waals surface area contributed by atoms with Gasteiger partial charge in [-0.15, -0.1) is 10.2 Å².